The van der Waals surface area contributed by atoms with Crippen molar-refractivity contribution in [3.63, 3.8) is 0 Å². The van der Waals surface area contributed by atoms with E-state index in [-0.39, 0.29) is 5.56 Å². The largest absolute Gasteiger partial charge is 0.368 e. The molecule has 0 aromatic carbocycles. The van der Waals surface area contributed by atoms with Crippen molar-refractivity contribution in [3.8, 4) is 0 Å². The van der Waals surface area contributed by atoms with Crippen LogP contribution in [0.1, 0.15) is 6.42 Å². The van der Waals surface area contributed by atoms with Gasteiger partial charge in [-0.3, -0.25) is 4.79 Å². The molecule has 0 N–H and O–H groups in total. The van der Waals surface area contributed by atoms with Gasteiger partial charge in [0, 0.05) is 44.1 Å². The van der Waals surface area contributed by atoms with Gasteiger partial charge in [0.2, 0.25) is 0 Å². The summed E-state index contributed by atoms with van der Waals surface area (Å²) in [5.41, 5.74) is 0.940. The summed E-state index contributed by atoms with van der Waals surface area (Å²) in [5.74, 6) is 0. The van der Waals surface area contributed by atoms with Gasteiger partial charge in [0.1, 0.15) is 0 Å². The summed E-state index contributed by atoms with van der Waals surface area (Å²) in [6, 6.07) is 1.70. The maximum Gasteiger partial charge on any atom is 0.268 e. The monoisotopic (exact) mass is 314 g/mol. The van der Waals surface area contributed by atoms with Crippen LogP contribution in [0.3, 0.4) is 0 Å². The molecule has 0 radical (unpaired) electrons. The Balaban J connectivity index is 2.06. The first-order valence-electron chi connectivity index (χ1n) is 6.27. The Kier molecular flexibility index (Phi) is 4.77. The number of alkyl halides is 1. The van der Waals surface area contributed by atoms with Crippen molar-refractivity contribution in [2.75, 3.05) is 43.5 Å². The first-order valence-corrected chi connectivity index (χ1v) is 7.39. The molecule has 18 heavy (non-hydrogen) atoms. The summed E-state index contributed by atoms with van der Waals surface area (Å²) in [7, 11) is 2.12. The molecule has 2 heterocycles. The van der Waals surface area contributed by atoms with Crippen LogP contribution in [-0.2, 0) is 6.54 Å². The molecule has 0 bridgehead atoms. The molecule has 0 unspecified atom stereocenters. The summed E-state index contributed by atoms with van der Waals surface area (Å²) in [6.45, 7) is 4.67. The minimum Gasteiger partial charge on any atom is -0.368 e. The van der Waals surface area contributed by atoms with Gasteiger partial charge in [0.15, 0.2) is 0 Å². The fourth-order valence-corrected chi connectivity index (χ4v) is 2.29. The van der Waals surface area contributed by atoms with Crippen molar-refractivity contribution in [1.29, 1.82) is 0 Å². The molecule has 2 rings (SSSR count). The summed E-state index contributed by atoms with van der Waals surface area (Å²) in [6.07, 6.45) is 2.72. The highest BCUT2D eigenvalue weighted by Crippen LogP contribution is 2.12. The van der Waals surface area contributed by atoms with Gasteiger partial charge in [0.25, 0.3) is 5.56 Å². The van der Waals surface area contributed by atoms with E-state index in [1.807, 2.05) is 0 Å². The Labute approximate surface area is 116 Å². The van der Waals surface area contributed by atoms with Crippen LogP contribution < -0.4 is 10.5 Å². The molecule has 1 aromatic heterocycles. The highest BCUT2D eigenvalue weighted by Gasteiger charge is 2.15. The molecule has 1 aliphatic rings. The first-order chi connectivity index (χ1) is 8.70. The minimum absolute atomic E-state index is 0.00706. The summed E-state index contributed by atoms with van der Waals surface area (Å²) in [5, 5.41) is 5.13. The fraction of sp³-hybridized carbons (Fsp3) is 0.667. The molecule has 5 nitrogen and oxygen atoms in total. The lowest BCUT2D eigenvalue weighted by atomic mass is 10.3. The Hall–Kier alpha value is -0.880. The molecule has 1 fully saturated rings. The predicted molar refractivity (Wildman–Crippen MR) is 76.6 cm³/mol. The van der Waals surface area contributed by atoms with Gasteiger partial charge in [0.05, 0.1) is 11.9 Å². The lowest BCUT2D eigenvalue weighted by Gasteiger charge is -2.33. The van der Waals surface area contributed by atoms with Gasteiger partial charge >= 0.3 is 0 Å². The third-order valence-corrected chi connectivity index (χ3v) is 3.79. The number of anilines is 1. The number of piperazine rings is 1. The van der Waals surface area contributed by atoms with Gasteiger partial charge in [-0.15, -0.1) is 0 Å². The van der Waals surface area contributed by atoms with Crippen molar-refractivity contribution >= 4 is 21.6 Å². The van der Waals surface area contributed by atoms with Crippen LogP contribution in [0.15, 0.2) is 17.1 Å². The summed E-state index contributed by atoms with van der Waals surface area (Å²) in [4.78, 5) is 16.4. The molecular formula is C12H19BrN4O. The lowest BCUT2D eigenvalue weighted by Crippen LogP contribution is -2.45. The zero-order valence-electron chi connectivity index (χ0n) is 10.7. The van der Waals surface area contributed by atoms with Crippen LogP contribution >= 0.6 is 15.9 Å². The number of hydrogen-bond donors (Lipinski definition) is 0. The Bertz CT molecular complexity index is 440. The van der Waals surface area contributed by atoms with E-state index in [1.54, 1.807) is 12.3 Å². The average molecular weight is 315 g/mol. The van der Waals surface area contributed by atoms with E-state index < -0.39 is 0 Å². The van der Waals surface area contributed by atoms with E-state index in [1.165, 1.54) is 4.68 Å². The highest BCUT2D eigenvalue weighted by molar-refractivity contribution is 9.09. The maximum absolute atomic E-state index is 11.9. The van der Waals surface area contributed by atoms with Crippen LogP contribution in [0, 0.1) is 0 Å². The number of aryl methyl sites for hydroxylation is 1. The molecule has 0 spiro atoms. The second kappa shape index (κ2) is 6.33. The summed E-state index contributed by atoms with van der Waals surface area (Å²) >= 11 is 3.36. The van der Waals surface area contributed by atoms with Crippen molar-refractivity contribution in [2.24, 2.45) is 0 Å². The Morgan fingerprint density at radius 1 is 1.33 bits per heavy atom. The number of halogens is 1. The Morgan fingerprint density at radius 3 is 2.67 bits per heavy atom. The molecule has 1 aliphatic heterocycles. The van der Waals surface area contributed by atoms with Crippen molar-refractivity contribution < 1.29 is 0 Å². The van der Waals surface area contributed by atoms with Crippen LogP contribution in [-0.4, -0.2) is 53.2 Å². The number of rotatable bonds is 4. The first kappa shape index (κ1) is 13.5. The topological polar surface area (TPSA) is 41.4 Å². The van der Waals surface area contributed by atoms with E-state index in [2.05, 4.69) is 37.9 Å². The van der Waals surface area contributed by atoms with E-state index in [0.29, 0.717) is 6.54 Å². The van der Waals surface area contributed by atoms with Crippen LogP contribution in [0.5, 0.6) is 0 Å². The van der Waals surface area contributed by atoms with Gasteiger partial charge in [-0.05, 0) is 13.5 Å². The molecule has 100 valence electrons. The zero-order valence-corrected chi connectivity index (χ0v) is 12.3. The van der Waals surface area contributed by atoms with Crippen LogP contribution in [0.25, 0.3) is 0 Å². The molecule has 1 saturated heterocycles. The molecular weight excluding hydrogens is 296 g/mol. The second-order valence-corrected chi connectivity index (χ2v) is 5.40. The van der Waals surface area contributed by atoms with Gasteiger partial charge in [-0.2, -0.15) is 5.10 Å². The SMILES string of the molecule is CN1CCN(c2cnn(CCCBr)c(=O)c2)CC1. The molecule has 0 amide bonds. The molecule has 6 heteroatoms. The molecule has 0 atom stereocenters. The lowest BCUT2D eigenvalue weighted by molar-refractivity contribution is 0.312. The zero-order chi connectivity index (χ0) is 13.0. The van der Waals surface area contributed by atoms with Crippen molar-refractivity contribution in [3.05, 3.63) is 22.6 Å². The maximum atomic E-state index is 11.9. The van der Waals surface area contributed by atoms with Gasteiger partial charge < -0.3 is 9.80 Å². The highest BCUT2D eigenvalue weighted by atomic mass is 79.9. The number of likely N-dealkylation sites (N-methyl/N-ethyl adjacent to an activating group) is 1. The minimum atomic E-state index is -0.00706. The average Bonchev–Trinajstić information content (AvgIpc) is 2.38. The Morgan fingerprint density at radius 2 is 2.06 bits per heavy atom. The van der Waals surface area contributed by atoms with Crippen molar-refractivity contribution in [1.82, 2.24) is 14.7 Å². The van der Waals surface area contributed by atoms with Gasteiger partial charge in [-0.25, -0.2) is 4.68 Å². The van der Waals surface area contributed by atoms with Crippen LogP contribution in [0.2, 0.25) is 0 Å². The molecule has 0 saturated carbocycles. The van der Waals surface area contributed by atoms with Gasteiger partial charge in [-0.1, -0.05) is 15.9 Å². The number of hydrogen-bond acceptors (Lipinski definition) is 4. The normalized spacial score (nSPS) is 17.1. The third-order valence-electron chi connectivity index (χ3n) is 3.23. The number of nitrogens with zero attached hydrogens (tertiary/aromatic N) is 4. The fourth-order valence-electron chi connectivity index (χ4n) is 2.04. The predicted octanol–water partition coefficient (Wildman–Crippen LogP) is 0.780. The van der Waals surface area contributed by atoms with E-state index >= 15 is 0 Å². The van der Waals surface area contributed by atoms with Crippen molar-refractivity contribution in [2.45, 2.75) is 13.0 Å². The van der Waals surface area contributed by atoms with E-state index in [0.717, 1.165) is 43.6 Å². The van der Waals surface area contributed by atoms with E-state index in [9.17, 15) is 4.79 Å². The number of aromatic nitrogens is 2. The molecule has 0 aliphatic carbocycles. The van der Waals surface area contributed by atoms with E-state index in [4.69, 9.17) is 0 Å². The summed E-state index contributed by atoms with van der Waals surface area (Å²) < 4.78 is 1.53. The van der Waals surface area contributed by atoms with Crippen LogP contribution in [0.4, 0.5) is 5.69 Å². The standard InChI is InChI=1S/C12H19BrN4O/c1-15-5-7-16(8-6-15)11-9-12(18)17(14-10-11)4-2-3-13/h9-10H,2-8H2,1H3. The quantitative estimate of drug-likeness (QED) is 0.770. The second-order valence-electron chi connectivity index (χ2n) is 4.61. The molecule has 1 aromatic rings. The smallest absolute Gasteiger partial charge is 0.268 e. The third kappa shape index (κ3) is 3.32.